The zero-order valence-electron chi connectivity index (χ0n) is 11.0. The molecule has 0 N–H and O–H groups in total. The van der Waals surface area contributed by atoms with Gasteiger partial charge in [-0.3, -0.25) is 0 Å². The van der Waals surface area contributed by atoms with Crippen LogP contribution in [0.3, 0.4) is 0 Å². The van der Waals surface area contributed by atoms with E-state index in [0.717, 1.165) is 27.8 Å². The summed E-state index contributed by atoms with van der Waals surface area (Å²) < 4.78 is 29.3. The van der Waals surface area contributed by atoms with Crippen LogP contribution in [0.1, 0.15) is 30.4 Å². The van der Waals surface area contributed by atoms with Gasteiger partial charge in [-0.1, -0.05) is 15.9 Å². The molecule has 0 bridgehead atoms. The summed E-state index contributed by atoms with van der Waals surface area (Å²) in [5.74, 6) is 0.736. The minimum absolute atomic E-state index is 0.613. The highest BCUT2D eigenvalue weighted by molar-refractivity contribution is 9.10. The van der Waals surface area contributed by atoms with Crippen LogP contribution in [0.5, 0.6) is 5.75 Å². The molecule has 1 unspecified atom stereocenters. The maximum Gasteiger partial charge on any atom is 0.154 e. The highest BCUT2D eigenvalue weighted by Crippen LogP contribution is 2.45. The number of hydrogen-bond donors (Lipinski definition) is 0. The Morgan fingerprint density at radius 3 is 2.63 bits per heavy atom. The number of benzene rings is 1. The summed E-state index contributed by atoms with van der Waals surface area (Å²) in [4.78, 5) is 0. The van der Waals surface area contributed by atoms with Gasteiger partial charge in [0.2, 0.25) is 0 Å². The van der Waals surface area contributed by atoms with Crippen LogP contribution in [0.25, 0.3) is 0 Å². The first-order valence-electron chi connectivity index (χ1n) is 5.93. The van der Waals surface area contributed by atoms with E-state index in [-0.39, 0.29) is 0 Å². The van der Waals surface area contributed by atoms with E-state index in [4.69, 9.17) is 16.3 Å². The lowest BCUT2D eigenvalue weighted by molar-refractivity contribution is 0.351. The third-order valence-corrected chi connectivity index (χ3v) is 7.13. The summed E-state index contributed by atoms with van der Waals surface area (Å²) in [6, 6.07) is 3.83. The standard InChI is InChI=1S/C13H16BrClO3S/c1-13(2,19(3,16)17)12(15)10-7-9(14)6-8-4-5-18-11(8)10/h6-7,12H,4-5H2,1-3H3. The molecule has 1 aromatic carbocycles. The first-order valence-corrected chi connectivity index (χ1v) is 9.05. The molecule has 0 aromatic heterocycles. The fourth-order valence-electron chi connectivity index (χ4n) is 2.05. The number of fused-ring (bicyclic) bond motifs is 1. The molecule has 0 saturated carbocycles. The first-order chi connectivity index (χ1) is 8.64. The van der Waals surface area contributed by atoms with Crippen molar-refractivity contribution in [3.8, 4) is 5.75 Å². The van der Waals surface area contributed by atoms with E-state index in [1.165, 1.54) is 6.26 Å². The van der Waals surface area contributed by atoms with Gasteiger partial charge >= 0.3 is 0 Å². The Morgan fingerprint density at radius 1 is 1.42 bits per heavy atom. The zero-order chi connectivity index (χ0) is 14.4. The van der Waals surface area contributed by atoms with Crippen molar-refractivity contribution in [1.29, 1.82) is 0 Å². The second kappa shape index (κ2) is 4.93. The number of sulfone groups is 1. The molecule has 0 radical (unpaired) electrons. The van der Waals surface area contributed by atoms with Gasteiger partial charge in [-0.2, -0.15) is 0 Å². The lowest BCUT2D eigenvalue weighted by Gasteiger charge is -2.29. The fourth-order valence-corrected chi connectivity index (χ4v) is 3.72. The van der Waals surface area contributed by atoms with Gasteiger partial charge in [0.05, 0.1) is 16.7 Å². The third-order valence-electron chi connectivity index (χ3n) is 3.62. The maximum absolute atomic E-state index is 11.9. The maximum atomic E-state index is 11.9. The average molecular weight is 368 g/mol. The number of alkyl halides is 1. The molecular weight excluding hydrogens is 352 g/mol. The largest absolute Gasteiger partial charge is 0.493 e. The average Bonchev–Trinajstić information content (AvgIpc) is 2.72. The SMILES string of the molecule is CC(C)(C(Cl)c1cc(Br)cc2c1OCC2)S(C)(=O)=O. The van der Waals surface area contributed by atoms with Gasteiger partial charge in [0, 0.05) is 22.7 Å². The lowest BCUT2D eigenvalue weighted by atomic mass is 9.98. The molecule has 1 aromatic rings. The van der Waals surface area contributed by atoms with Gasteiger partial charge in [-0.15, -0.1) is 11.6 Å². The van der Waals surface area contributed by atoms with E-state index in [0.29, 0.717) is 6.61 Å². The fraction of sp³-hybridized carbons (Fsp3) is 0.538. The smallest absolute Gasteiger partial charge is 0.154 e. The van der Waals surface area contributed by atoms with Crippen molar-refractivity contribution < 1.29 is 13.2 Å². The normalized spacial score (nSPS) is 16.9. The Kier molecular flexibility index (Phi) is 3.93. The molecule has 1 aliphatic heterocycles. The zero-order valence-corrected chi connectivity index (χ0v) is 14.2. The van der Waals surface area contributed by atoms with Crippen LogP contribution in [0, 0.1) is 0 Å². The molecule has 0 fully saturated rings. The van der Waals surface area contributed by atoms with Crippen LogP contribution in [0.15, 0.2) is 16.6 Å². The Hall–Kier alpha value is -0.260. The van der Waals surface area contributed by atoms with Crippen molar-refractivity contribution in [3.05, 3.63) is 27.7 Å². The van der Waals surface area contributed by atoms with Crippen molar-refractivity contribution in [1.82, 2.24) is 0 Å². The highest BCUT2D eigenvalue weighted by Gasteiger charge is 2.41. The molecule has 106 valence electrons. The van der Waals surface area contributed by atoms with E-state index in [1.807, 2.05) is 12.1 Å². The molecule has 2 rings (SSSR count). The summed E-state index contributed by atoms with van der Waals surface area (Å²) in [5.41, 5.74) is 1.80. The molecule has 0 aliphatic carbocycles. The van der Waals surface area contributed by atoms with Crippen LogP contribution in [-0.2, 0) is 16.3 Å². The second-order valence-corrected chi connectivity index (χ2v) is 9.27. The van der Waals surface area contributed by atoms with Gasteiger partial charge in [0.25, 0.3) is 0 Å². The van der Waals surface area contributed by atoms with Crippen molar-refractivity contribution >= 4 is 37.4 Å². The first kappa shape index (κ1) is 15.1. The van der Waals surface area contributed by atoms with Gasteiger partial charge in [0.15, 0.2) is 9.84 Å². The summed E-state index contributed by atoms with van der Waals surface area (Å²) in [6.07, 6.45) is 2.03. The molecular formula is C13H16BrClO3S. The minimum Gasteiger partial charge on any atom is -0.493 e. The van der Waals surface area contributed by atoms with Crippen LogP contribution < -0.4 is 4.74 Å². The van der Waals surface area contributed by atoms with E-state index >= 15 is 0 Å². The number of ether oxygens (including phenoxy) is 1. The Labute approximate surface area is 127 Å². The molecule has 3 nitrogen and oxygen atoms in total. The van der Waals surface area contributed by atoms with E-state index in [9.17, 15) is 8.42 Å². The van der Waals surface area contributed by atoms with Crippen LogP contribution in [0.2, 0.25) is 0 Å². The van der Waals surface area contributed by atoms with Crippen LogP contribution in [0.4, 0.5) is 0 Å². The number of rotatable bonds is 3. The molecule has 19 heavy (non-hydrogen) atoms. The molecule has 0 amide bonds. The highest BCUT2D eigenvalue weighted by atomic mass is 79.9. The van der Waals surface area contributed by atoms with Crippen molar-refractivity contribution in [2.24, 2.45) is 0 Å². The Balaban J connectivity index is 2.54. The van der Waals surface area contributed by atoms with Gasteiger partial charge < -0.3 is 4.74 Å². The van der Waals surface area contributed by atoms with E-state index in [2.05, 4.69) is 15.9 Å². The molecule has 0 saturated heterocycles. The lowest BCUT2D eigenvalue weighted by Crippen LogP contribution is -2.35. The topological polar surface area (TPSA) is 43.4 Å². The quantitative estimate of drug-likeness (QED) is 0.768. The summed E-state index contributed by atoms with van der Waals surface area (Å²) in [7, 11) is -3.28. The molecule has 0 spiro atoms. The predicted molar refractivity (Wildman–Crippen MR) is 80.9 cm³/mol. The van der Waals surface area contributed by atoms with Crippen LogP contribution >= 0.6 is 27.5 Å². The van der Waals surface area contributed by atoms with Crippen molar-refractivity contribution in [3.63, 3.8) is 0 Å². The third kappa shape index (κ3) is 2.65. The van der Waals surface area contributed by atoms with Crippen LogP contribution in [-0.4, -0.2) is 26.0 Å². The number of hydrogen-bond acceptors (Lipinski definition) is 3. The molecule has 1 aliphatic rings. The second-order valence-electron chi connectivity index (χ2n) is 5.32. The van der Waals surface area contributed by atoms with Gasteiger partial charge in [-0.05, 0) is 31.5 Å². The molecule has 6 heteroatoms. The number of halogens is 2. The molecule has 1 heterocycles. The Bertz CT molecular complexity index is 611. The van der Waals surface area contributed by atoms with Crippen molar-refractivity contribution in [2.75, 3.05) is 12.9 Å². The summed E-state index contributed by atoms with van der Waals surface area (Å²) >= 11 is 9.90. The van der Waals surface area contributed by atoms with E-state index < -0.39 is 20.0 Å². The summed E-state index contributed by atoms with van der Waals surface area (Å²) in [5, 5.41) is -0.660. The van der Waals surface area contributed by atoms with Gasteiger partial charge in [-0.25, -0.2) is 8.42 Å². The minimum atomic E-state index is -3.28. The van der Waals surface area contributed by atoms with Gasteiger partial charge in [0.1, 0.15) is 5.75 Å². The monoisotopic (exact) mass is 366 g/mol. The molecule has 1 atom stereocenters. The van der Waals surface area contributed by atoms with E-state index in [1.54, 1.807) is 13.8 Å². The van der Waals surface area contributed by atoms with Crippen molar-refractivity contribution in [2.45, 2.75) is 30.4 Å². The Morgan fingerprint density at radius 2 is 2.05 bits per heavy atom. The summed E-state index contributed by atoms with van der Waals surface area (Å²) in [6.45, 7) is 3.90. The predicted octanol–water partition coefficient (Wildman–Crippen LogP) is 3.49.